The number of β-amino-alcohol motifs (C(OH)–C–C–N with tert-alkyl or cyclic N) is 1. The van der Waals surface area contributed by atoms with Crippen molar-refractivity contribution in [2.24, 2.45) is 0 Å². The van der Waals surface area contributed by atoms with Gasteiger partial charge in [0.05, 0.1) is 28.4 Å². The van der Waals surface area contributed by atoms with Gasteiger partial charge in [-0.1, -0.05) is 35.3 Å². The van der Waals surface area contributed by atoms with Crippen LogP contribution in [0, 0.1) is 0 Å². The molecule has 0 aromatic heterocycles. The molecular formula is C24H30Cl2N4O3. The highest BCUT2D eigenvalue weighted by Crippen LogP contribution is 2.34. The van der Waals surface area contributed by atoms with Crippen molar-refractivity contribution in [2.75, 3.05) is 38.1 Å². The van der Waals surface area contributed by atoms with E-state index in [4.69, 9.17) is 23.2 Å². The number of aliphatic hydroxyl groups excluding tert-OH is 1. The predicted molar refractivity (Wildman–Crippen MR) is 131 cm³/mol. The van der Waals surface area contributed by atoms with Crippen LogP contribution in [0.4, 0.5) is 5.69 Å². The number of aliphatic hydroxyl groups is 1. The second kappa shape index (κ2) is 10.5. The van der Waals surface area contributed by atoms with Crippen LogP contribution in [0.2, 0.25) is 10.0 Å². The number of carbonyl (C=O) groups excluding carboxylic acids is 1. The summed E-state index contributed by atoms with van der Waals surface area (Å²) in [6.07, 6.45) is 1.43. The first-order chi connectivity index (χ1) is 15.8. The Bertz CT molecular complexity index is 980. The molecule has 2 saturated heterocycles. The van der Waals surface area contributed by atoms with E-state index in [0.717, 1.165) is 37.5 Å². The number of rotatable bonds is 6. The van der Waals surface area contributed by atoms with Gasteiger partial charge in [0.2, 0.25) is 0 Å². The molecule has 2 aliphatic heterocycles. The summed E-state index contributed by atoms with van der Waals surface area (Å²) >= 11 is 12.0. The zero-order chi connectivity index (χ0) is 23.5. The molecule has 7 nitrogen and oxygen atoms in total. The number of carbonyl (C=O) groups is 1. The van der Waals surface area contributed by atoms with Crippen LogP contribution in [0.3, 0.4) is 0 Å². The predicted octanol–water partition coefficient (Wildman–Crippen LogP) is 2.86. The number of piperidine rings is 1. The van der Waals surface area contributed by atoms with Gasteiger partial charge < -0.3 is 25.7 Å². The molecular weight excluding hydrogens is 463 g/mol. The summed E-state index contributed by atoms with van der Waals surface area (Å²) in [6.45, 7) is 3.79. The Morgan fingerprint density at radius 3 is 2.48 bits per heavy atom. The molecule has 0 radical (unpaired) electrons. The lowest BCUT2D eigenvalue weighted by molar-refractivity contribution is 0.0963. The number of benzene rings is 2. The van der Waals surface area contributed by atoms with Crippen molar-refractivity contribution in [1.29, 1.82) is 0 Å². The lowest BCUT2D eigenvalue weighted by Crippen LogP contribution is -2.49. The molecule has 178 valence electrons. The SMILES string of the molecule is CNC(=O)c1cc(Cl)c(O)cc1N1C[C@@H](O)[C@H](NC2CCN(Cc3ccc(Cl)cc3)CC2)C1. The fourth-order valence-corrected chi connectivity index (χ4v) is 4.97. The number of anilines is 1. The molecule has 0 bridgehead atoms. The summed E-state index contributed by atoms with van der Waals surface area (Å²) in [5.74, 6) is -0.371. The van der Waals surface area contributed by atoms with Gasteiger partial charge in [-0.05, 0) is 49.7 Å². The summed E-state index contributed by atoms with van der Waals surface area (Å²) in [5.41, 5.74) is 2.20. The molecule has 2 aromatic carbocycles. The third-order valence-corrected chi connectivity index (χ3v) is 7.08. The van der Waals surface area contributed by atoms with Crippen molar-refractivity contribution < 1.29 is 15.0 Å². The Morgan fingerprint density at radius 2 is 1.82 bits per heavy atom. The van der Waals surface area contributed by atoms with Crippen molar-refractivity contribution in [3.63, 3.8) is 0 Å². The third kappa shape index (κ3) is 5.73. The second-order valence-corrected chi connectivity index (χ2v) is 9.67. The molecule has 4 N–H and O–H groups in total. The van der Waals surface area contributed by atoms with Gasteiger partial charge in [0.1, 0.15) is 5.75 Å². The molecule has 33 heavy (non-hydrogen) atoms. The molecule has 0 unspecified atom stereocenters. The molecule has 2 aliphatic rings. The first kappa shape index (κ1) is 24.1. The van der Waals surface area contributed by atoms with Crippen LogP contribution in [-0.2, 0) is 6.54 Å². The van der Waals surface area contributed by atoms with Crippen molar-refractivity contribution in [2.45, 2.75) is 37.6 Å². The van der Waals surface area contributed by atoms with Gasteiger partial charge in [-0.2, -0.15) is 0 Å². The van der Waals surface area contributed by atoms with E-state index in [1.54, 1.807) is 7.05 Å². The normalized spacial score (nSPS) is 22.0. The number of nitrogens with one attached hydrogen (secondary N) is 2. The van der Waals surface area contributed by atoms with E-state index in [-0.39, 0.29) is 22.7 Å². The first-order valence-corrected chi connectivity index (χ1v) is 12.0. The van der Waals surface area contributed by atoms with E-state index in [1.807, 2.05) is 17.0 Å². The monoisotopic (exact) mass is 492 g/mol. The minimum atomic E-state index is -0.576. The minimum absolute atomic E-state index is 0.0849. The number of hydrogen-bond acceptors (Lipinski definition) is 6. The number of aromatic hydroxyl groups is 1. The number of phenols is 1. The molecule has 2 fully saturated rings. The molecule has 4 rings (SSSR count). The van der Waals surface area contributed by atoms with E-state index in [9.17, 15) is 15.0 Å². The van der Waals surface area contributed by atoms with Crippen LogP contribution in [-0.4, -0.2) is 72.4 Å². The van der Waals surface area contributed by atoms with Crippen molar-refractivity contribution >= 4 is 34.8 Å². The maximum atomic E-state index is 12.3. The van der Waals surface area contributed by atoms with Crippen LogP contribution in [0.25, 0.3) is 0 Å². The standard InChI is InChI=1S/C24H30Cl2N4O3/c1-27-24(33)18-10-19(26)22(31)11-21(18)30-13-20(23(32)14-30)28-17-6-8-29(9-7-17)12-15-2-4-16(25)5-3-15/h2-5,10-11,17,20,23,28,31-32H,6-9,12-14H2,1H3,(H,27,33)/t20-,23-/m1/s1. The zero-order valence-electron chi connectivity index (χ0n) is 18.6. The first-order valence-electron chi connectivity index (χ1n) is 11.2. The third-order valence-electron chi connectivity index (χ3n) is 6.52. The summed E-state index contributed by atoms with van der Waals surface area (Å²) in [7, 11) is 1.55. The van der Waals surface area contributed by atoms with E-state index < -0.39 is 6.10 Å². The molecule has 1 amide bonds. The highest BCUT2D eigenvalue weighted by Gasteiger charge is 2.35. The number of nitrogens with zero attached hydrogens (tertiary/aromatic N) is 2. The summed E-state index contributed by atoms with van der Waals surface area (Å²) in [4.78, 5) is 16.7. The van der Waals surface area contributed by atoms with Crippen LogP contribution < -0.4 is 15.5 Å². The van der Waals surface area contributed by atoms with Gasteiger partial charge in [0.25, 0.3) is 5.91 Å². The Hall–Kier alpha value is -2.03. The Balaban J connectivity index is 1.34. The Kier molecular flexibility index (Phi) is 7.66. The molecule has 2 aromatic rings. The number of halogens is 2. The highest BCUT2D eigenvalue weighted by atomic mass is 35.5. The second-order valence-electron chi connectivity index (χ2n) is 8.82. The topological polar surface area (TPSA) is 88.1 Å². The largest absolute Gasteiger partial charge is 0.506 e. The lowest BCUT2D eigenvalue weighted by Gasteiger charge is -2.34. The van der Waals surface area contributed by atoms with Gasteiger partial charge in [-0.3, -0.25) is 9.69 Å². The quantitative estimate of drug-likeness (QED) is 0.495. The number of hydrogen-bond donors (Lipinski definition) is 4. The summed E-state index contributed by atoms with van der Waals surface area (Å²) in [6, 6.07) is 11.2. The van der Waals surface area contributed by atoms with Gasteiger partial charge >= 0.3 is 0 Å². The van der Waals surface area contributed by atoms with Gasteiger partial charge in [0, 0.05) is 43.8 Å². The molecule has 9 heteroatoms. The molecule has 0 aliphatic carbocycles. The van der Waals surface area contributed by atoms with Gasteiger partial charge in [-0.25, -0.2) is 0 Å². The van der Waals surface area contributed by atoms with Crippen molar-refractivity contribution in [1.82, 2.24) is 15.5 Å². The van der Waals surface area contributed by atoms with Crippen LogP contribution >= 0.6 is 23.2 Å². The highest BCUT2D eigenvalue weighted by molar-refractivity contribution is 6.32. The molecule has 0 saturated carbocycles. The molecule has 2 atom stereocenters. The van der Waals surface area contributed by atoms with E-state index in [2.05, 4.69) is 27.7 Å². The molecule has 0 spiro atoms. The Morgan fingerprint density at radius 1 is 1.12 bits per heavy atom. The lowest BCUT2D eigenvalue weighted by atomic mass is 10.0. The van der Waals surface area contributed by atoms with Crippen molar-refractivity contribution in [3.8, 4) is 5.75 Å². The van der Waals surface area contributed by atoms with E-state index >= 15 is 0 Å². The number of likely N-dealkylation sites (tertiary alicyclic amines) is 1. The number of phenolic OH excluding ortho intramolecular Hbond substituents is 1. The van der Waals surface area contributed by atoms with Gasteiger partial charge in [0.15, 0.2) is 0 Å². The summed E-state index contributed by atoms with van der Waals surface area (Å²) in [5, 5.41) is 27.9. The zero-order valence-corrected chi connectivity index (χ0v) is 20.1. The average molecular weight is 493 g/mol. The van der Waals surface area contributed by atoms with Crippen LogP contribution in [0.5, 0.6) is 5.75 Å². The van der Waals surface area contributed by atoms with Crippen molar-refractivity contribution in [3.05, 3.63) is 57.6 Å². The summed E-state index contributed by atoms with van der Waals surface area (Å²) < 4.78 is 0. The van der Waals surface area contributed by atoms with Crippen LogP contribution in [0.1, 0.15) is 28.8 Å². The number of amides is 1. The van der Waals surface area contributed by atoms with Gasteiger partial charge in [-0.15, -0.1) is 0 Å². The smallest absolute Gasteiger partial charge is 0.253 e. The average Bonchev–Trinajstić information content (AvgIpc) is 3.17. The van der Waals surface area contributed by atoms with E-state index in [1.165, 1.54) is 17.7 Å². The Labute approximate surface area is 204 Å². The van der Waals surface area contributed by atoms with E-state index in [0.29, 0.717) is 30.4 Å². The maximum Gasteiger partial charge on any atom is 0.253 e. The van der Waals surface area contributed by atoms with Crippen LogP contribution in [0.15, 0.2) is 36.4 Å². The minimum Gasteiger partial charge on any atom is -0.506 e. The maximum absolute atomic E-state index is 12.3. The fourth-order valence-electron chi connectivity index (χ4n) is 4.68. The fraction of sp³-hybridized carbons (Fsp3) is 0.458. The molecule has 2 heterocycles.